The van der Waals surface area contributed by atoms with Crippen LogP contribution in [0.2, 0.25) is 0 Å². The van der Waals surface area contributed by atoms with Gasteiger partial charge in [0.05, 0.1) is 28.2 Å². The summed E-state index contributed by atoms with van der Waals surface area (Å²) in [6, 6.07) is 59.8. The minimum Gasteiger partial charge on any atom is -0.457 e. The van der Waals surface area contributed by atoms with Gasteiger partial charge in [0.2, 0.25) is 0 Å². The van der Waals surface area contributed by atoms with Gasteiger partial charge >= 0.3 is 0 Å². The van der Waals surface area contributed by atoms with Crippen LogP contribution in [-0.4, -0.2) is 14.5 Å². The van der Waals surface area contributed by atoms with Crippen LogP contribution in [0, 0.1) is 11.3 Å². The molecule has 0 aliphatic carbocycles. The molecule has 278 valence electrons. The van der Waals surface area contributed by atoms with Crippen LogP contribution in [0.1, 0.15) is 30.5 Å². The zero-order chi connectivity index (χ0) is 39.7. The highest BCUT2D eigenvalue weighted by atomic mass is 16.5. The Morgan fingerprint density at radius 1 is 0.525 bits per heavy atom. The monoisotopic (exact) mass is 756 g/mol. The summed E-state index contributed by atoms with van der Waals surface area (Å²) in [7, 11) is 0. The summed E-state index contributed by atoms with van der Waals surface area (Å²) < 4.78 is 8.96. The number of pyridine rings is 2. The number of hydrogen-bond acceptors (Lipinski definition) is 4. The fourth-order valence-electron chi connectivity index (χ4n) is 8.86. The Balaban J connectivity index is 1.01. The molecule has 7 aromatic carbocycles. The van der Waals surface area contributed by atoms with Crippen molar-refractivity contribution in [2.45, 2.75) is 19.3 Å². The SMILES string of the molecule is CC1(C)c2cc(-c3cc(-c4cccnc4)cc(-c4cnc5ccccc5c4)c3)ccc2Oc2ccc(-c3ccc4c(c3)c3cc(C#N)ccc3n4-c3ccccc3)cc21. The number of rotatable bonds is 5. The largest absolute Gasteiger partial charge is 0.457 e. The molecule has 0 unspecified atom stereocenters. The first-order valence-corrected chi connectivity index (χ1v) is 19.8. The second-order valence-electron chi connectivity index (χ2n) is 15.9. The van der Waals surface area contributed by atoms with E-state index in [2.05, 4.69) is 157 Å². The first-order valence-electron chi connectivity index (χ1n) is 19.8. The molecule has 4 heterocycles. The minimum atomic E-state index is -0.365. The zero-order valence-electron chi connectivity index (χ0n) is 32.5. The molecule has 1 aliphatic rings. The predicted molar refractivity (Wildman–Crippen MR) is 239 cm³/mol. The van der Waals surface area contributed by atoms with Crippen molar-refractivity contribution in [1.82, 2.24) is 14.5 Å². The van der Waals surface area contributed by atoms with Gasteiger partial charge < -0.3 is 9.30 Å². The van der Waals surface area contributed by atoms with Crippen molar-refractivity contribution < 1.29 is 4.74 Å². The summed E-state index contributed by atoms with van der Waals surface area (Å²) in [5.74, 6) is 1.73. The highest BCUT2D eigenvalue weighted by Gasteiger charge is 2.35. The number of nitrogens with zero attached hydrogens (tertiary/aromatic N) is 4. The number of benzene rings is 7. The molecule has 0 spiro atoms. The van der Waals surface area contributed by atoms with E-state index in [0.29, 0.717) is 5.56 Å². The van der Waals surface area contributed by atoms with Gasteiger partial charge in [-0.2, -0.15) is 5.26 Å². The standard InChI is InChI=1S/C54H36N4O/c1-54(2)47-29-36(35-15-19-51-46(28-35)45-23-34(31-55)14-18-50(45)58(51)44-11-4-3-5-12-44)16-20-52(47)59-53-21-17-37(30-48(53)54)40-25-41(39-10-8-22-56-32-39)27-42(26-40)43-24-38-9-6-7-13-49(38)57-33-43/h3-30,32-33H,1-2H3. The summed E-state index contributed by atoms with van der Waals surface area (Å²) in [6.45, 7) is 4.58. The Bertz CT molecular complexity index is 3340. The highest BCUT2D eigenvalue weighted by Crippen LogP contribution is 2.50. The molecule has 5 heteroatoms. The average Bonchev–Trinajstić information content (AvgIpc) is 3.62. The number of ether oxygens (including phenoxy) is 1. The highest BCUT2D eigenvalue weighted by molar-refractivity contribution is 6.11. The topological polar surface area (TPSA) is 63.7 Å². The average molecular weight is 757 g/mol. The van der Waals surface area contributed by atoms with Crippen molar-refractivity contribution in [3.8, 4) is 67.8 Å². The maximum Gasteiger partial charge on any atom is 0.131 e. The smallest absolute Gasteiger partial charge is 0.131 e. The van der Waals surface area contributed by atoms with E-state index in [0.717, 1.165) is 106 Å². The molecule has 0 atom stereocenters. The number of hydrogen-bond donors (Lipinski definition) is 0. The second kappa shape index (κ2) is 13.4. The molecule has 5 nitrogen and oxygen atoms in total. The van der Waals surface area contributed by atoms with Gasteiger partial charge in [-0.15, -0.1) is 0 Å². The van der Waals surface area contributed by atoms with Gasteiger partial charge in [0.15, 0.2) is 0 Å². The molecule has 0 N–H and O–H groups in total. The zero-order valence-corrected chi connectivity index (χ0v) is 32.5. The third kappa shape index (κ3) is 5.76. The van der Waals surface area contributed by atoms with Gasteiger partial charge in [-0.1, -0.05) is 74.5 Å². The molecule has 59 heavy (non-hydrogen) atoms. The molecular formula is C54H36N4O. The van der Waals surface area contributed by atoms with Crippen LogP contribution >= 0.6 is 0 Å². The maximum absolute atomic E-state index is 9.82. The lowest BCUT2D eigenvalue weighted by Gasteiger charge is -2.35. The Morgan fingerprint density at radius 2 is 1.15 bits per heavy atom. The van der Waals surface area contributed by atoms with E-state index < -0.39 is 0 Å². The van der Waals surface area contributed by atoms with E-state index in [1.807, 2.05) is 55.0 Å². The van der Waals surface area contributed by atoms with Crippen molar-refractivity contribution in [2.24, 2.45) is 0 Å². The minimum absolute atomic E-state index is 0.365. The molecule has 0 radical (unpaired) electrons. The van der Waals surface area contributed by atoms with E-state index in [1.54, 1.807) is 0 Å². The van der Waals surface area contributed by atoms with E-state index in [1.165, 1.54) is 0 Å². The molecule has 10 aromatic rings. The van der Waals surface area contributed by atoms with Gasteiger partial charge in [0.1, 0.15) is 11.5 Å². The molecule has 0 saturated carbocycles. The number of aromatic nitrogens is 3. The normalized spacial score (nSPS) is 12.8. The fourth-order valence-corrected chi connectivity index (χ4v) is 8.86. The second-order valence-corrected chi connectivity index (χ2v) is 15.9. The quantitative estimate of drug-likeness (QED) is 0.175. The van der Waals surface area contributed by atoms with Crippen molar-refractivity contribution >= 4 is 32.7 Å². The summed E-state index contributed by atoms with van der Waals surface area (Å²) in [5.41, 5.74) is 15.5. The summed E-state index contributed by atoms with van der Waals surface area (Å²) >= 11 is 0. The van der Waals surface area contributed by atoms with Crippen molar-refractivity contribution in [1.29, 1.82) is 5.26 Å². The Kier molecular flexibility index (Phi) is 7.82. The van der Waals surface area contributed by atoms with E-state index in [4.69, 9.17) is 9.72 Å². The lowest BCUT2D eigenvalue weighted by atomic mass is 9.74. The van der Waals surface area contributed by atoms with Crippen LogP contribution in [-0.2, 0) is 5.41 Å². The van der Waals surface area contributed by atoms with Crippen molar-refractivity contribution in [3.05, 3.63) is 199 Å². The third-order valence-corrected chi connectivity index (χ3v) is 12.0. The lowest BCUT2D eigenvalue weighted by Crippen LogP contribution is -2.24. The summed E-state index contributed by atoms with van der Waals surface area (Å²) in [4.78, 5) is 9.24. The molecule has 0 fully saturated rings. The predicted octanol–water partition coefficient (Wildman–Crippen LogP) is 13.7. The number of para-hydroxylation sites is 2. The van der Waals surface area contributed by atoms with Crippen LogP contribution in [0.25, 0.3) is 82.9 Å². The van der Waals surface area contributed by atoms with Gasteiger partial charge in [0.25, 0.3) is 0 Å². The van der Waals surface area contributed by atoms with Crippen LogP contribution in [0.5, 0.6) is 11.5 Å². The number of nitriles is 1. The van der Waals surface area contributed by atoms with Gasteiger partial charge in [0, 0.05) is 68.1 Å². The Hall–Kier alpha value is -7.81. The fraction of sp³-hybridized carbons (Fsp3) is 0.0556. The van der Waals surface area contributed by atoms with E-state index in [-0.39, 0.29) is 5.41 Å². The molecule has 0 bridgehead atoms. The van der Waals surface area contributed by atoms with Gasteiger partial charge in [-0.25, -0.2) is 0 Å². The van der Waals surface area contributed by atoms with Crippen LogP contribution in [0.3, 0.4) is 0 Å². The van der Waals surface area contributed by atoms with Crippen LogP contribution in [0.4, 0.5) is 0 Å². The molecule has 0 saturated heterocycles. The van der Waals surface area contributed by atoms with Crippen molar-refractivity contribution in [2.75, 3.05) is 0 Å². The van der Waals surface area contributed by atoms with Gasteiger partial charge in [-0.05, 0) is 137 Å². The Morgan fingerprint density at radius 3 is 1.88 bits per heavy atom. The van der Waals surface area contributed by atoms with Crippen LogP contribution in [0.15, 0.2) is 182 Å². The maximum atomic E-state index is 9.82. The molecule has 0 amide bonds. The first kappa shape index (κ1) is 34.4. The summed E-state index contributed by atoms with van der Waals surface area (Å²) in [5, 5.41) is 13.1. The molecule has 11 rings (SSSR count). The van der Waals surface area contributed by atoms with Gasteiger partial charge in [-0.3, -0.25) is 9.97 Å². The van der Waals surface area contributed by atoms with Crippen molar-refractivity contribution in [3.63, 3.8) is 0 Å². The summed E-state index contributed by atoms with van der Waals surface area (Å²) in [6.07, 6.45) is 5.70. The lowest BCUT2D eigenvalue weighted by molar-refractivity contribution is 0.418. The molecular weight excluding hydrogens is 721 g/mol. The number of fused-ring (bicyclic) bond motifs is 6. The Labute approximate surface area is 342 Å². The molecule has 3 aromatic heterocycles. The third-order valence-electron chi connectivity index (χ3n) is 12.0. The van der Waals surface area contributed by atoms with E-state index in [9.17, 15) is 5.26 Å². The first-order chi connectivity index (χ1) is 28.9. The van der Waals surface area contributed by atoms with E-state index >= 15 is 0 Å². The van der Waals surface area contributed by atoms with Crippen LogP contribution < -0.4 is 4.74 Å². The molecule has 1 aliphatic heterocycles.